The highest BCUT2D eigenvalue weighted by atomic mass is 79.9. The Balaban J connectivity index is 2.23. The molecule has 2 rings (SSSR count). The minimum atomic E-state index is -0.257. The van der Waals surface area contributed by atoms with E-state index in [-0.39, 0.29) is 11.5 Å². The van der Waals surface area contributed by atoms with Gasteiger partial charge in [-0.15, -0.1) is 11.3 Å². The summed E-state index contributed by atoms with van der Waals surface area (Å²) in [6, 6.07) is 8.04. The molecule has 0 saturated carbocycles. The van der Waals surface area contributed by atoms with E-state index in [1.807, 2.05) is 25.1 Å². The predicted molar refractivity (Wildman–Crippen MR) is 106 cm³/mol. The van der Waals surface area contributed by atoms with Crippen LogP contribution >= 0.6 is 27.3 Å². The van der Waals surface area contributed by atoms with Crippen molar-refractivity contribution in [2.45, 2.75) is 40.3 Å². The molecule has 0 unspecified atom stereocenters. The van der Waals surface area contributed by atoms with Crippen LogP contribution in [0.15, 0.2) is 27.6 Å². The Morgan fingerprint density at radius 1 is 1.44 bits per heavy atom. The maximum Gasteiger partial charge on any atom is 0.264 e. The van der Waals surface area contributed by atoms with E-state index in [4.69, 9.17) is 0 Å². The van der Waals surface area contributed by atoms with Crippen molar-refractivity contribution in [1.29, 1.82) is 5.26 Å². The summed E-state index contributed by atoms with van der Waals surface area (Å²) in [6.07, 6.45) is 2.75. The SMILES string of the molecule is CCCn1c(C)cc(/C=C(\C#N)C(=O)N(C)Cc2ccc(Br)s2)c1C. The van der Waals surface area contributed by atoms with Gasteiger partial charge in [0.2, 0.25) is 0 Å². The van der Waals surface area contributed by atoms with E-state index in [2.05, 4.69) is 40.4 Å². The molecular formula is C19H22BrN3OS. The molecule has 0 saturated heterocycles. The average molecular weight is 420 g/mol. The van der Waals surface area contributed by atoms with Crippen LogP contribution in [-0.4, -0.2) is 22.4 Å². The van der Waals surface area contributed by atoms with Crippen molar-refractivity contribution >= 4 is 39.2 Å². The minimum absolute atomic E-state index is 0.162. The lowest BCUT2D eigenvalue weighted by Crippen LogP contribution is -2.26. The van der Waals surface area contributed by atoms with E-state index in [0.717, 1.165) is 38.6 Å². The minimum Gasteiger partial charge on any atom is -0.349 e. The van der Waals surface area contributed by atoms with Crippen molar-refractivity contribution in [3.63, 3.8) is 0 Å². The van der Waals surface area contributed by atoms with Crippen molar-refractivity contribution in [3.05, 3.63) is 49.4 Å². The Morgan fingerprint density at radius 3 is 2.72 bits per heavy atom. The molecule has 6 heteroatoms. The second kappa shape index (κ2) is 8.50. The summed E-state index contributed by atoms with van der Waals surface area (Å²) in [5.41, 5.74) is 3.33. The third-order valence-corrected chi connectivity index (χ3v) is 5.69. The molecule has 0 fully saturated rings. The number of nitrogens with zero attached hydrogens (tertiary/aromatic N) is 3. The Bertz CT molecular complexity index is 841. The fourth-order valence-electron chi connectivity index (χ4n) is 2.79. The summed E-state index contributed by atoms with van der Waals surface area (Å²) in [7, 11) is 1.72. The first-order chi connectivity index (χ1) is 11.9. The molecule has 0 aliphatic rings. The van der Waals surface area contributed by atoms with Gasteiger partial charge >= 0.3 is 0 Å². The zero-order valence-corrected chi connectivity index (χ0v) is 17.4. The molecule has 0 aliphatic carbocycles. The van der Waals surface area contributed by atoms with E-state index < -0.39 is 0 Å². The average Bonchev–Trinajstić information content (AvgIpc) is 3.10. The van der Waals surface area contributed by atoms with Gasteiger partial charge in [0.15, 0.2) is 0 Å². The highest BCUT2D eigenvalue weighted by Gasteiger charge is 2.17. The highest BCUT2D eigenvalue weighted by Crippen LogP contribution is 2.24. The number of aromatic nitrogens is 1. The van der Waals surface area contributed by atoms with E-state index in [9.17, 15) is 10.1 Å². The Morgan fingerprint density at radius 2 is 2.16 bits per heavy atom. The fraction of sp³-hybridized carbons (Fsp3) is 0.368. The topological polar surface area (TPSA) is 49.0 Å². The number of hydrogen-bond donors (Lipinski definition) is 0. The van der Waals surface area contributed by atoms with Crippen LogP contribution < -0.4 is 0 Å². The number of nitriles is 1. The molecule has 0 N–H and O–H groups in total. The molecule has 132 valence electrons. The largest absolute Gasteiger partial charge is 0.349 e. The molecule has 0 atom stereocenters. The van der Waals surface area contributed by atoms with Gasteiger partial charge in [0, 0.05) is 29.9 Å². The normalized spacial score (nSPS) is 11.4. The third-order valence-electron chi connectivity index (χ3n) is 4.08. The molecule has 2 heterocycles. The van der Waals surface area contributed by atoms with Crippen LogP contribution in [0.4, 0.5) is 0 Å². The molecular weight excluding hydrogens is 398 g/mol. The predicted octanol–water partition coefficient (Wildman–Crippen LogP) is 4.90. The number of halogens is 1. The van der Waals surface area contributed by atoms with Crippen molar-refractivity contribution in [2.24, 2.45) is 0 Å². The first-order valence-corrected chi connectivity index (χ1v) is 9.76. The molecule has 0 radical (unpaired) electrons. The van der Waals surface area contributed by atoms with Gasteiger partial charge in [-0.3, -0.25) is 4.79 Å². The Labute approximate surface area is 161 Å². The molecule has 2 aromatic rings. The van der Waals surface area contributed by atoms with Gasteiger partial charge in [-0.1, -0.05) is 6.92 Å². The van der Waals surface area contributed by atoms with E-state index in [1.54, 1.807) is 29.4 Å². The number of likely N-dealkylation sites (N-methyl/N-ethyl adjacent to an activating group) is 1. The Kier molecular flexibility index (Phi) is 6.63. The van der Waals surface area contributed by atoms with Gasteiger partial charge in [-0.05, 0) is 66.0 Å². The lowest BCUT2D eigenvalue weighted by atomic mass is 10.1. The van der Waals surface area contributed by atoms with Gasteiger partial charge in [0.05, 0.1) is 10.3 Å². The first kappa shape index (κ1) is 19.5. The quantitative estimate of drug-likeness (QED) is 0.493. The van der Waals surface area contributed by atoms with Crippen LogP contribution in [0.1, 0.15) is 35.2 Å². The van der Waals surface area contributed by atoms with Crippen LogP contribution in [0.5, 0.6) is 0 Å². The molecule has 0 bridgehead atoms. The van der Waals surface area contributed by atoms with E-state index in [0.29, 0.717) is 6.54 Å². The summed E-state index contributed by atoms with van der Waals surface area (Å²) >= 11 is 5.01. The summed E-state index contributed by atoms with van der Waals surface area (Å²) in [5.74, 6) is -0.257. The standard InChI is InChI=1S/C19H22BrN3OS/c1-5-8-23-13(2)9-15(14(23)3)10-16(11-21)19(24)22(4)12-17-6-7-18(20)25-17/h6-7,9-10H,5,8,12H2,1-4H3/b16-10+. The zero-order valence-electron chi connectivity index (χ0n) is 15.0. The van der Waals surface area contributed by atoms with Gasteiger partial charge < -0.3 is 9.47 Å². The molecule has 2 aromatic heterocycles. The van der Waals surface area contributed by atoms with Crippen molar-refractivity contribution in [1.82, 2.24) is 9.47 Å². The molecule has 0 aliphatic heterocycles. The van der Waals surface area contributed by atoms with Crippen LogP contribution in [0.3, 0.4) is 0 Å². The van der Waals surface area contributed by atoms with Crippen LogP contribution in [0.25, 0.3) is 6.08 Å². The van der Waals surface area contributed by atoms with Crippen molar-refractivity contribution < 1.29 is 4.79 Å². The van der Waals surface area contributed by atoms with Gasteiger partial charge in [-0.2, -0.15) is 5.26 Å². The first-order valence-electron chi connectivity index (χ1n) is 8.15. The monoisotopic (exact) mass is 419 g/mol. The number of hydrogen-bond acceptors (Lipinski definition) is 3. The van der Waals surface area contributed by atoms with Crippen molar-refractivity contribution in [3.8, 4) is 6.07 Å². The number of rotatable bonds is 6. The van der Waals surface area contributed by atoms with E-state index in [1.165, 1.54) is 0 Å². The summed E-state index contributed by atoms with van der Waals surface area (Å²) < 4.78 is 3.25. The van der Waals surface area contributed by atoms with Gasteiger partial charge in [0.25, 0.3) is 5.91 Å². The van der Waals surface area contributed by atoms with Gasteiger partial charge in [-0.25, -0.2) is 0 Å². The molecule has 4 nitrogen and oxygen atoms in total. The van der Waals surface area contributed by atoms with Gasteiger partial charge in [0.1, 0.15) is 11.6 Å². The summed E-state index contributed by atoms with van der Waals surface area (Å²) in [4.78, 5) is 15.3. The molecule has 1 amide bonds. The lowest BCUT2D eigenvalue weighted by Gasteiger charge is -2.15. The number of carbonyl (C=O) groups excluding carboxylic acids is 1. The Hall–Kier alpha value is -1.84. The van der Waals surface area contributed by atoms with E-state index >= 15 is 0 Å². The molecule has 0 spiro atoms. The van der Waals surface area contributed by atoms with Crippen LogP contribution in [0, 0.1) is 25.2 Å². The zero-order chi connectivity index (χ0) is 18.6. The number of amides is 1. The summed E-state index contributed by atoms with van der Waals surface area (Å²) in [5, 5.41) is 9.47. The second-order valence-corrected chi connectivity index (χ2v) is 8.56. The van der Waals surface area contributed by atoms with Crippen LogP contribution in [0.2, 0.25) is 0 Å². The lowest BCUT2D eigenvalue weighted by molar-refractivity contribution is -0.125. The maximum absolute atomic E-state index is 12.6. The van der Waals surface area contributed by atoms with Crippen LogP contribution in [-0.2, 0) is 17.9 Å². The summed E-state index contributed by atoms with van der Waals surface area (Å²) in [6.45, 7) is 7.64. The third kappa shape index (κ3) is 4.62. The number of aryl methyl sites for hydroxylation is 1. The molecule has 0 aromatic carbocycles. The second-order valence-electron chi connectivity index (χ2n) is 6.01. The molecule has 25 heavy (non-hydrogen) atoms. The smallest absolute Gasteiger partial charge is 0.264 e. The fourth-order valence-corrected chi connectivity index (χ4v) is 4.32. The van der Waals surface area contributed by atoms with Crippen molar-refractivity contribution in [2.75, 3.05) is 7.05 Å². The maximum atomic E-state index is 12.6. The highest BCUT2D eigenvalue weighted by molar-refractivity contribution is 9.11. The number of carbonyl (C=O) groups is 1. The number of thiophene rings is 1.